The van der Waals surface area contributed by atoms with Gasteiger partial charge in [0.1, 0.15) is 11.2 Å². The zero-order valence-corrected chi connectivity index (χ0v) is 11.0. The average Bonchev–Trinajstić information content (AvgIpc) is 2.27. The first kappa shape index (κ1) is 12.7. The van der Waals surface area contributed by atoms with E-state index >= 15 is 0 Å². The van der Waals surface area contributed by atoms with Crippen molar-refractivity contribution in [3.8, 4) is 11.8 Å². The van der Waals surface area contributed by atoms with Crippen LogP contribution in [0, 0.1) is 30.6 Å². The zero-order chi connectivity index (χ0) is 13.2. The number of anilines is 1. The SMILES string of the molecule is COc1c(C)cc(C)cc1NCC1(C#N)COC1. The summed E-state index contributed by atoms with van der Waals surface area (Å²) in [5.41, 5.74) is 2.82. The van der Waals surface area contributed by atoms with Gasteiger partial charge < -0.3 is 14.8 Å². The van der Waals surface area contributed by atoms with Crippen LogP contribution in [-0.2, 0) is 4.74 Å². The van der Waals surface area contributed by atoms with E-state index in [9.17, 15) is 0 Å². The van der Waals surface area contributed by atoms with E-state index in [0.29, 0.717) is 19.8 Å². The standard InChI is InChI=1S/C14H18N2O2/c1-10-4-11(2)13(17-3)12(5-10)16-7-14(6-15)8-18-9-14/h4-5,16H,7-9H2,1-3H3. The molecular formula is C14H18N2O2. The summed E-state index contributed by atoms with van der Waals surface area (Å²) in [6.07, 6.45) is 0. The Morgan fingerprint density at radius 1 is 1.44 bits per heavy atom. The van der Waals surface area contributed by atoms with Gasteiger partial charge in [-0.25, -0.2) is 0 Å². The van der Waals surface area contributed by atoms with Crippen LogP contribution >= 0.6 is 0 Å². The van der Waals surface area contributed by atoms with E-state index in [1.54, 1.807) is 7.11 Å². The molecule has 0 saturated carbocycles. The molecule has 1 aliphatic heterocycles. The van der Waals surface area contributed by atoms with Gasteiger partial charge in [0.05, 0.1) is 32.1 Å². The van der Waals surface area contributed by atoms with E-state index in [0.717, 1.165) is 17.0 Å². The molecule has 1 aromatic carbocycles. The maximum absolute atomic E-state index is 9.15. The molecule has 1 heterocycles. The number of nitrogens with one attached hydrogen (secondary N) is 1. The third-order valence-electron chi connectivity index (χ3n) is 3.23. The summed E-state index contributed by atoms with van der Waals surface area (Å²) in [7, 11) is 1.66. The first-order chi connectivity index (χ1) is 8.60. The first-order valence-corrected chi connectivity index (χ1v) is 5.98. The normalized spacial score (nSPS) is 16.6. The van der Waals surface area contributed by atoms with Crippen LogP contribution in [0.15, 0.2) is 12.1 Å². The van der Waals surface area contributed by atoms with E-state index < -0.39 is 0 Å². The maximum atomic E-state index is 9.15. The van der Waals surface area contributed by atoms with Crippen LogP contribution < -0.4 is 10.1 Å². The highest BCUT2D eigenvalue weighted by Gasteiger charge is 2.38. The Morgan fingerprint density at radius 3 is 2.67 bits per heavy atom. The minimum absolute atomic E-state index is 0.386. The molecule has 0 aliphatic carbocycles. The van der Waals surface area contributed by atoms with E-state index in [1.165, 1.54) is 5.56 Å². The highest BCUT2D eigenvalue weighted by Crippen LogP contribution is 2.32. The Labute approximate surface area is 108 Å². The second kappa shape index (κ2) is 4.87. The fourth-order valence-electron chi connectivity index (χ4n) is 2.18. The van der Waals surface area contributed by atoms with E-state index in [2.05, 4.69) is 17.5 Å². The lowest BCUT2D eigenvalue weighted by Gasteiger charge is -2.35. The van der Waals surface area contributed by atoms with Crippen molar-refractivity contribution in [2.45, 2.75) is 13.8 Å². The average molecular weight is 246 g/mol. The molecule has 0 amide bonds. The topological polar surface area (TPSA) is 54.3 Å². The summed E-state index contributed by atoms with van der Waals surface area (Å²) < 4.78 is 10.5. The molecule has 2 rings (SSSR count). The molecule has 96 valence electrons. The first-order valence-electron chi connectivity index (χ1n) is 5.98. The molecule has 0 unspecified atom stereocenters. The van der Waals surface area contributed by atoms with Crippen LogP contribution in [0.2, 0.25) is 0 Å². The van der Waals surface area contributed by atoms with E-state index in [4.69, 9.17) is 14.7 Å². The van der Waals surface area contributed by atoms with Crippen LogP contribution in [0.1, 0.15) is 11.1 Å². The van der Waals surface area contributed by atoms with Gasteiger partial charge in [0.2, 0.25) is 0 Å². The summed E-state index contributed by atoms with van der Waals surface area (Å²) in [4.78, 5) is 0. The number of hydrogen-bond acceptors (Lipinski definition) is 4. The molecule has 1 aliphatic rings. The molecule has 18 heavy (non-hydrogen) atoms. The summed E-state index contributed by atoms with van der Waals surface area (Å²) in [6.45, 7) is 5.66. The predicted octanol–water partition coefficient (Wildman–Crippen LogP) is 2.26. The van der Waals surface area contributed by atoms with E-state index in [1.807, 2.05) is 19.9 Å². The quantitative estimate of drug-likeness (QED) is 0.885. The molecule has 0 aromatic heterocycles. The second-order valence-electron chi connectivity index (χ2n) is 4.90. The summed E-state index contributed by atoms with van der Waals surface area (Å²) in [5, 5.41) is 12.5. The lowest BCUT2D eigenvalue weighted by molar-refractivity contribution is -0.0690. The number of aryl methyl sites for hydroxylation is 2. The van der Waals surface area contributed by atoms with Crippen LogP contribution in [0.5, 0.6) is 5.75 Å². The Bertz CT molecular complexity index is 487. The molecule has 0 radical (unpaired) electrons. The van der Waals surface area contributed by atoms with Gasteiger partial charge in [0.15, 0.2) is 0 Å². The molecule has 0 bridgehead atoms. The monoisotopic (exact) mass is 246 g/mol. The van der Waals surface area contributed by atoms with Crippen LogP contribution in [-0.4, -0.2) is 26.9 Å². The van der Waals surface area contributed by atoms with Crippen LogP contribution in [0.25, 0.3) is 0 Å². The van der Waals surface area contributed by atoms with E-state index in [-0.39, 0.29) is 5.41 Å². The van der Waals surface area contributed by atoms with Crippen molar-refractivity contribution in [2.24, 2.45) is 5.41 Å². The number of nitrogens with zero attached hydrogens (tertiary/aromatic N) is 1. The van der Waals surface area contributed by atoms with Crippen molar-refractivity contribution in [1.29, 1.82) is 5.26 Å². The summed E-state index contributed by atoms with van der Waals surface area (Å²) >= 11 is 0. The number of hydrogen-bond donors (Lipinski definition) is 1. The number of methoxy groups -OCH3 is 1. The van der Waals surface area contributed by atoms with Crippen molar-refractivity contribution in [1.82, 2.24) is 0 Å². The fraction of sp³-hybridized carbons (Fsp3) is 0.500. The molecule has 0 spiro atoms. The molecule has 4 nitrogen and oxygen atoms in total. The Hall–Kier alpha value is -1.73. The molecule has 1 fully saturated rings. The Morgan fingerprint density at radius 2 is 2.17 bits per heavy atom. The smallest absolute Gasteiger partial charge is 0.144 e. The number of benzene rings is 1. The molecule has 4 heteroatoms. The van der Waals surface area contributed by atoms with Gasteiger partial charge in [-0.15, -0.1) is 0 Å². The Balaban J connectivity index is 2.16. The Kier molecular flexibility index (Phi) is 3.44. The van der Waals surface area contributed by atoms with Crippen LogP contribution in [0.3, 0.4) is 0 Å². The largest absolute Gasteiger partial charge is 0.494 e. The number of nitriles is 1. The van der Waals surface area contributed by atoms with Crippen molar-refractivity contribution < 1.29 is 9.47 Å². The van der Waals surface area contributed by atoms with Gasteiger partial charge in [-0.2, -0.15) is 5.26 Å². The zero-order valence-electron chi connectivity index (χ0n) is 11.0. The highest BCUT2D eigenvalue weighted by molar-refractivity contribution is 5.62. The van der Waals surface area contributed by atoms with Crippen molar-refractivity contribution in [3.63, 3.8) is 0 Å². The maximum Gasteiger partial charge on any atom is 0.144 e. The fourth-order valence-corrected chi connectivity index (χ4v) is 2.18. The number of ether oxygens (including phenoxy) is 2. The van der Waals surface area contributed by atoms with Gasteiger partial charge in [-0.3, -0.25) is 0 Å². The molecule has 1 aromatic rings. The highest BCUT2D eigenvalue weighted by atomic mass is 16.5. The minimum atomic E-state index is -0.386. The lowest BCUT2D eigenvalue weighted by atomic mass is 9.88. The van der Waals surface area contributed by atoms with Gasteiger partial charge in [-0.1, -0.05) is 6.07 Å². The molecule has 1 saturated heterocycles. The molecular weight excluding hydrogens is 228 g/mol. The lowest BCUT2D eigenvalue weighted by Crippen LogP contribution is -2.46. The van der Waals surface area contributed by atoms with Crippen molar-refractivity contribution in [3.05, 3.63) is 23.3 Å². The van der Waals surface area contributed by atoms with Gasteiger partial charge in [0.25, 0.3) is 0 Å². The minimum Gasteiger partial charge on any atom is -0.494 e. The van der Waals surface area contributed by atoms with Crippen LogP contribution in [0.4, 0.5) is 5.69 Å². The van der Waals surface area contributed by atoms with Gasteiger partial charge in [-0.05, 0) is 31.0 Å². The molecule has 1 N–H and O–H groups in total. The summed E-state index contributed by atoms with van der Waals surface area (Å²) in [6, 6.07) is 6.44. The summed E-state index contributed by atoms with van der Waals surface area (Å²) in [5.74, 6) is 0.842. The predicted molar refractivity (Wildman–Crippen MR) is 69.8 cm³/mol. The second-order valence-corrected chi connectivity index (χ2v) is 4.90. The molecule has 0 atom stereocenters. The van der Waals surface area contributed by atoms with Gasteiger partial charge >= 0.3 is 0 Å². The van der Waals surface area contributed by atoms with Crippen molar-refractivity contribution >= 4 is 5.69 Å². The van der Waals surface area contributed by atoms with Crippen molar-refractivity contribution in [2.75, 3.05) is 32.2 Å². The van der Waals surface area contributed by atoms with Gasteiger partial charge in [0, 0.05) is 6.54 Å². The third kappa shape index (κ3) is 2.27. The number of rotatable bonds is 4. The third-order valence-corrected chi connectivity index (χ3v) is 3.23.